The summed E-state index contributed by atoms with van der Waals surface area (Å²) in [5.74, 6) is 1.11. The molecule has 1 aliphatic heterocycles. The van der Waals surface area contributed by atoms with Crippen LogP contribution in [-0.2, 0) is 0 Å². The van der Waals surface area contributed by atoms with E-state index in [0.29, 0.717) is 11.7 Å². The number of nitrogens with zero attached hydrogens (tertiary/aromatic N) is 4. The third-order valence-corrected chi connectivity index (χ3v) is 4.48. The molecule has 0 radical (unpaired) electrons. The summed E-state index contributed by atoms with van der Waals surface area (Å²) in [4.78, 5) is 6.38. The van der Waals surface area contributed by atoms with Gasteiger partial charge in [-0.15, -0.1) is 0 Å². The highest BCUT2D eigenvalue weighted by Crippen LogP contribution is 2.33. The van der Waals surface area contributed by atoms with Crippen LogP contribution in [0.4, 0.5) is 0 Å². The molecule has 1 fully saturated rings. The van der Waals surface area contributed by atoms with Gasteiger partial charge in [0.15, 0.2) is 5.96 Å². The normalized spacial score (nSPS) is 17.5. The van der Waals surface area contributed by atoms with Crippen LogP contribution in [-0.4, -0.2) is 39.3 Å². The van der Waals surface area contributed by atoms with E-state index >= 15 is 0 Å². The number of likely N-dealkylation sites (tertiary alicyclic amines) is 1. The minimum absolute atomic E-state index is 0.0454. The number of hydrogen-bond donors (Lipinski definition) is 3. The minimum atomic E-state index is -0.110. The first kappa shape index (κ1) is 14.6. The van der Waals surface area contributed by atoms with Gasteiger partial charge in [0, 0.05) is 25.2 Å². The maximum absolute atomic E-state index is 7.68. The van der Waals surface area contributed by atoms with E-state index in [1.165, 1.54) is 0 Å². The standard InChI is InChI=1S/C16H19N7O/c1-19-23-9-11(10-5-2-3-6-12(10)23)14-20-15(24-21-14)13-7-4-8-22(13)16(17)18/h2-3,5-6,9,13,19H,4,7-8H2,1H3,(H3,17,18)/t13-/m0/s1. The summed E-state index contributed by atoms with van der Waals surface area (Å²) in [6.07, 6.45) is 3.78. The quantitative estimate of drug-likeness (QED) is 0.501. The van der Waals surface area contributed by atoms with Crippen LogP contribution in [0.2, 0.25) is 0 Å². The van der Waals surface area contributed by atoms with E-state index in [-0.39, 0.29) is 12.0 Å². The molecule has 0 aliphatic carbocycles. The second-order valence-corrected chi connectivity index (χ2v) is 5.85. The molecule has 0 saturated carbocycles. The molecule has 0 unspecified atom stereocenters. The second kappa shape index (κ2) is 5.55. The van der Waals surface area contributed by atoms with E-state index in [4.69, 9.17) is 15.7 Å². The van der Waals surface area contributed by atoms with Crippen LogP contribution in [0.1, 0.15) is 24.8 Å². The van der Waals surface area contributed by atoms with Crippen molar-refractivity contribution < 1.29 is 4.52 Å². The average molecular weight is 325 g/mol. The fraction of sp³-hybridized carbons (Fsp3) is 0.312. The van der Waals surface area contributed by atoms with Gasteiger partial charge in [-0.3, -0.25) is 10.1 Å². The van der Waals surface area contributed by atoms with Gasteiger partial charge in [0.05, 0.1) is 11.1 Å². The van der Waals surface area contributed by atoms with Crippen molar-refractivity contribution in [3.63, 3.8) is 0 Å². The largest absolute Gasteiger partial charge is 0.370 e. The summed E-state index contributed by atoms with van der Waals surface area (Å²) in [6.45, 7) is 0.747. The predicted molar refractivity (Wildman–Crippen MR) is 91.1 cm³/mol. The summed E-state index contributed by atoms with van der Waals surface area (Å²) in [7, 11) is 1.86. The van der Waals surface area contributed by atoms with Gasteiger partial charge in [0.2, 0.25) is 11.7 Å². The van der Waals surface area contributed by atoms with Crippen LogP contribution in [0.3, 0.4) is 0 Å². The third-order valence-electron chi connectivity index (χ3n) is 4.48. The molecule has 1 aromatic carbocycles. The van der Waals surface area contributed by atoms with Gasteiger partial charge in [-0.2, -0.15) is 4.98 Å². The number of aromatic nitrogens is 3. The molecule has 1 saturated heterocycles. The molecule has 3 aromatic rings. The van der Waals surface area contributed by atoms with Gasteiger partial charge in [-0.05, 0) is 18.9 Å². The van der Waals surface area contributed by atoms with E-state index in [0.717, 1.165) is 35.9 Å². The van der Waals surface area contributed by atoms with Crippen LogP contribution < -0.4 is 11.2 Å². The highest BCUT2D eigenvalue weighted by atomic mass is 16.5. The molecular weight excluding hydrogens is 306 g/mol. The number of fused-ring (bicyclic) bond motifs is 1. The highest BCUT2D eigenvalue weighted by Gasteiger charge is 2.32. The lowest BCUT2D eigenvalue weighted by Crippen LogP contribution is -2.35. The molecular formula is C16H19N7O. The Bertz CT molecular complexity index is 897. The van der Waals surface area contributed by atoms with Gasteiger partial charge < -0.3 is 20.6 Å². The first-order valence-corrected chi connectivity index (χ1v) is 7.91. The smallest absolute Gasteiger partial charge is 0.249 e. The fourth-order valence-corrected chi connectivity index (χ4v) is 3.33. The van der Waals surface area contributed by atoms with Crippen molar-refractivity contribution >= 4 is 16.9 Å². The molecule has 124 valence electrons. The Morgan fingerprint density at radius 3 is 3.04 bits per heavy atom. The molecule has 1 atom stereocenters. The molecule has 3 heterocycles. The van der Waals surface area contributed by atoms with E-state index < -0.39 is 0 Å². The van der Waals surface area contributed by atoms with E-state index in [9.17, 15) is 0 Å². The third kappa shape index (κ3) is 2.18. The maximum atomic E-state index is 7.68. The molecule has 0 spiro atoms. The first-order valence-electron chi connectivity index (χ1n) is 7.91. The summed E-state index contributed by atoms with van der Waals surface area (Å²) < 4.78 is 7.42. The molecule has 0 amide bonds. The Kier molecular flexibility index (Phi) is 3.37. The maximum Gasteiger partial charge on any atom is 0.249 e. The monoisotopic (exact) mass is 325 g/mol. The summed E-state index contributed by atoms with van der Waals surface area (Å²) in [5, 5.41) is 12.9. The number of hydrogen-bond acceptors (Lipinski definition) is 5. The Balaban J connectivity index is 1.75. The number of benzene rings is 1. The van der Waals surface area contributed by atoms with Crippen LogP contribution in [0.25, 0.3) is 22.3 Å². The molecule has 0 bridgehead atoms. The zero-order chi connectivity index (χ0) is 16.7. The van der Waals surface area contributed by atoms with Crippen molar-refractivity contribution in [2.75, 3.05) is 19.0 Å². The van der Waals surface area contributed by atoms with Crippen LogP contribution >= 0.6 is 0 Å². The highest BCUT2D eigenvalue weighted by molar-refractivity contribution is 5.94. The molecule has 1 aliphatic rings. The second-order valence-electron chi connectivity index (χ2n) is 5.85. The molecule has 2 aromatic heterocycles. The predicted octanol–water partition coefficient (Wildman–Crippen LogP) is 1.89. The van der Waals surface area contributed by atoms with Crippen LogP contribution in [0.15, 0.2) is 35.0 Å². The Morgan fingerprint density at radius 1 is 1.42 bits per heavy atom. The van der Waals surface area contributed by atoms with Gasteiger partial charge >= 0.3 is 0 Å². The summed E-state index contributed by atoms with van der Waals surface area (Å²) in [5.41, 5.74) is 10.7. The lowest BCUT2D eigenvalue weighted by molar-refractivity contribution is 0.283. The Hall–Kier alpha value is -3.03. The Morgan fingerprint density at radius 2 is 2.25 bits per heavy atom. The van der Waals surface area contributed by atoms with Crippen LogP contribution in [0, 0.1) is 5.41 Å². The van der Waals surface area contributed by atoms with E-state index in [1.807, 2.05) is 42.2 Å². The van der Waals surface area contributed by atoms with Gasteiger partial charge in [-0.1, -0.05) is 23.4 Å². The van der Waals surface area contributed by atoms with Crippen molar-refractivity contribution in [2.45, 2.75) is 18.9 Å². The lowest BCUT2D eigenvalue weighted by atomic mass is 10.1. The fourth-order valence-electron chi connectivity index (χ4n) is 3.33. The first-order chi connectivity index (χ1) is 11.7. The van der Waals surface area contributed by atoms with Crippen molar-refractivity contribution in [1.29, 1.82) is 5.41 Å². The molecule has 24 heavy (non-hydrogen) atoms. The molecule has 4 N–H and O–H groups in total. The number of para-hydroxylation sites is 1. The molecule has 8 nitrogen and oxygen atoms in total. The lowest BCUT2D eigenvalue weighted by Gasteiger charge is -2.21. The van der Waals surface area contributed by atoms with E-state index in [1.54, 1.807) is 4.90 Å². The van der Waals surface area contributed by atoms with Gasteiger partial charge in [0.1, 0.15) is 6.04 Å². The van der Waals surface area contributed by atoms with E-state index in [2.05, 4.69) is 15.6 Å². The molecule has 4 rings (SSSR count). The Labute approximate surface area is 138 Å². The SMILES string of the molecule is CNn1cc(-c2noc([C@@H]3CCCN3C(=N)N)n2)c2ccccc21. The topological polar surface area (TPSA) is 109 Å². The van der Waals surface area contributed by atoms with Crippen molar-refractivity contribution in [2.24, 2.45) is 5.73 Å². The zero-order valence-electron chi connectivity index (χ0n) is 13.4. The summed E-state index contributed by atoms with van der Waals surface area (Å²) >= 11 is 0. The minimum Gasteiger partial charge on any atom is -0.370 e. The number of guanidine groups is 1. The van der Waals surface area contributed by atoms with Crippen molar-refractivity contribution in [3.05, 3.63) is 36.4 Å². The van der Waals surface area contributed by atoms with Gasteiger partial charge in [0.25, 0.3) is 0 Å². The summed E-state index contributed by atoms with van der Waals surface area (Å²) in [6, 6.07) is 7.93. The zero-order valence-corrected chi connectivity index (χ0v) is 13.4. The number of rotatable bonds is 3. The number of nitrogens with one attached hydrogen (secondary N) is 2. The molecule has 8 heteroatoms. The van der Waals surface area contributed by atoms with Crippen LogP contribution in [0.5, 0.6) is 0 Å². The average Bonchev–Trinajstić information content (AvgIpc) is 3.31. The van der Waals surface area contributed by atoms with Crippen molar-refractivity contribution in [3.8, 4) is 11.4 Å². The van der Waals surface area contributed by atoms with Crippen molar-refractivity contribution in [1.82, 2.24) is 19.7 Å². The van der Waals surface area contributed by atoms with Gasteiger partial charge in [-0.25, -0.2) is 0 Å². The number of nitrogens with two attached hydrogens (primary N) is 1.